The number of guanidine groups is 1. The minimum absolute atomic E-state index is 0. The molecule has 0 unspecified atom stereocenters. The summed E-state index contributed by atoms with van der Waals surface area (Å²) >= 11 is 0. The fraction of sp³-hybridized carbons (Fsp3) is 0.526. The van der Waals surface area contributed by atoms with Gasteiger partial charge in [-0.2, -0.15) is 5.10 Å². The minimum atomic E-state index is 0. The Labute approximate surface area is 178 Å². The third kappa shape index (κ3) is 6.46. The van der Waals surface area contributed by atoms with Gasteiger partial charge in [0.05, 0.1) is 0 Å². The number of pyridine rings is 1. The molecule has 2 aromatic heterocycles. The van der Waals surface area contributed by atoms with Gasteiger partial charge in [-0.1, -0.05) is 6.92 Å². The van der Waals surface area contributed by atoms with Gasteiger partial charge in [-0.15, -0.1) is 24.0 Å². The summed E-state index contributed by atoms with van der Waals surface area (Å²) in [6.45, 7) is 6.48. The fourth-order valence-corrected chi connectivity index (χ4v) is 3.29. The number of likely N-dealkylation sites (tertiary alicyclic amines) is 1. The summed E-state index contributed by atoms with van der Waals surface area (Å²) < 4.78 is 1.76. The topological polar surface area (TPSA) is 70.4 Å². The van der Waals surface area contributed by atoms with Crippen LogP contribution in [0.5, 0.6) is 0 Å². The smallest absolute Gasteiger partial charge is 0.191 e. The van der Waals surface area contributed by atoms with E-state index >= 15 is 0 Å². The number of rotatable bonds is 6. The van der Waals surface area contributed by atoms with Crippen LogP contribution in [0.15, 0.2) is 41.8 Å². The van der Waals surface area contributed by atoms with Crippen LogP contribution in [0, 0.1) is 0 Å². The van der Waals surface area contributed by atoms with Crippen LogP contribution >= 0.6 is 24.0 Å². The van der Waals surface area contributed by atoms with Crippen molar-refractivity contribution in [2.75, 3.05) is 26.7 Å². The summed E-state index contributed by atoms with van der Waals surface area (Å²) in [5.41, 5.74) is 1.14. The zero-order valence-corrected chi connectivity index (χ0v) is 18.5. The SMILES string of the molecule is CCCN1CCC(NC(=NC)NCc2ccnc(-n3cccn3)c2)CC1.I. The monoisotopic (exact) mass is 483 g/mol. The van der Waals surface area contributed by atoms with Crippen LogP contribution in [0.25, 0.3) is 5.82 Å². The van der Waals surface area contributed by atoms with E-state index < -0.39 is 0 Å². The summed E-state index contributed by atoms with van der Waals surface area (Å²) in [6.07, 6.45) is 9.02. The number of aliphatic imine (C=N–C) groups is 1. The summed E-state index contributed by atoms with van der Waals surface area (Å²) in [6, 6.07) is 6.43. The number of hydrogen-bond donors (Lipinski definition) is 2. The molecule has 7 nitrogen and oxygen atoms in total. The number of piperidine rings is 1. The molecule has 148 valence electrons. The first-order valence-electron chi connectivity index (χ1n) is 9.43. The van der Waals surface area contributed by atoms with E-state index in [1.54, 1.807) is 10.9 Å². The molecule has 1 saturated heterocycles. The number of hydrogen-bond acceptors (Lipinski definition) is 4. The maximum atomic E-state index is 4.37. The van der Waals surface area contributed by atoms with Crippen molar-refractivity contribution in [3.05, 3.63) is 42.4 Å². The molecule has 0 spiro atoms. The van der Waals surface area contributed by atoms with Gasteiger partial charge in [-0.05, 0) is 49.6 Å². The Morgan fingerprint density at radius 2 is 2.11 bits per heavy atom. The van der Waals surface area contributed by atoms with E-state index in [1.807, 2.05) is 37.6 Å². The Morgan fingerprint density at radius 1 is 1.30 bits per heavy atom. The van der Waals surface area contributed by atoms with Crippen LogP contribution in [0.1, 0.15) is 31.7 Å². The van der Waals surface area contributed by atoms with Crippen molar-refractivity contribution in [1.82, 2.24) is 30.3 Å². The van der Waals surface area contributed by atoms with Crippen molar-refractivity contribution in [2.45, 2.75) is 38.8 Å². The van der Waals surface area contributed by atoms with Crippen molar-refractivity contribution in [2.24, 2.45) is 4.99 Å². The lowest BCUT2D eigenvalue weighted by atomic mass is 10.1. The Bertz CT molecular complexity index is 694. The average Bonchev–Trinajstić information content (AvgIpc) is 3.22. The molecule has 1 aliphatic rings. The van der Waals surface area contributed by atoms with E-state index in [0.717, 1.165) is 17.3 Å². The molecular formula is C19H30IN7. The van der Waals surface area contributed by atoms with Crippen LogP contribution in [-0.2, 0) is 6.54 Å². The lowest BCUT2D eigenvalue weighted by Crippen LogP contribution is -2.48. The number of nitrogens with one attached hydrogen (secondary N) is 2. The van der Waals surface area contributed by atoms with Gasteiger partial charge in [-0.25, -0.2) is 9.67 Å². The van der Waals surface area contributed by atoms with E-state index in [9.17, 15) is 0 Å². The second-order valence-electron chi connectivity index (χ2n) is 6.66. The third-order valence-electron chi connectivity index (χ3n) is 4.70. The Balaban J connectivity index is 0.00000261. The minimum Gasteiger partial charge on any atom is -0.354 e. The second-order valence-corrected chi connectivity index (χ2v) is 6.66. The van der Waals surface area contributed by atoms with Gasteiger partial charge in [-0.3, -0.25) is 4.99 Å². The molecule has 0 saturated carbocycles. The predicted octanol–water partition coefficient (Wildman–Crippen LogP) is 2.42. The maximum absolute atomic E-state index is 4.37. The Kier molecular flexibility index (Phi) is 8.99. The third-order valence-corrected chi connectivity index (χ3v) is 4.70. The molecule has 0 atom stereocenters. The van der Waals surface area contributed by atoms with E-state index in [0.29, 0.717) is 12.6 Å². The maximum Gasteiger partial charge on any atom is 0.191 e. The Hall–Kier alpha value is -1.68. The predicted molar refractivity (Wildman–Crippen MR) is 120 cm³/mol. The Morgan fingerprint density at radius 3 is 2.78 bits per heavy atom. The molecule has 8 heteroatoms. The average molecular weight is 483 g/mol. The van der Waals surface area contributed by atoms with Crippen molar-refractivity contribution >= 4 is 29.9 Å². The second kappa shape index (κ2) is 11.2. The van der Waals surface area contributed by atoms with Gasteiger partial charge in [0.1, 0.15) is 0 Å². The van der Waals surface area contributed by atoms with Crippen LogP contribution in [0.4, 0.5) is 0 Å². The highest BCUT2D eigenvalue weighted by atomic mass is 127. The van der Waals surface area contributed by atoms with Crippen LogP contribution < -0.4 is 10.6 Å². The first kappa shape index (κ1) is 21.6. The van der Waals surface area contributed by atoms with Crippen LogP contribution in [0.3, 0.4) is 0 Å². The van der Waals surface area contributed by atoms with Gasteiger partial charge < -0.3 is 15.5 Å². The molecule has 2 aromatic rings. The van der Waals surface area contributed by atoms with Gasteiger partial charge in [0.2, 0.25) is 0 Å². The van der Waals surface area contributed by atoms with Crippen molar-refractivity contribution < 1.29 is 0 Å². The quantitative estimate of drug-likeness (QED) is 0.375. The lowest BCUT2D eigenvalue weighted by Gasteiger charge is -2.32. The first-order valence-corrected chi connectivity index (χ1v) is 9.43. The van der Waals surface area contributed by atoms with E-state index in [4.69, 9.17) is 0 Å². The lowest BCUT2D eigenvalue weighted by molar-refractivity contribution is 0.206. The molecule has 1 fully saturated rings. The summed E-state index contributed by atoms with van der Waals surface area (Å²) in [5, 5.41) is 11.2. The highest BCUT2D eigenvalue weighted by Crippen LogP contribution is 2.10. The molecule has 27 heavy (non-hydrogen) atoms. The normalized spacial score (nSPS) is 16.0. The van der Waals surface area contributed by atoms with E-state index in [1.165, 1.54) is 38.9 Å². The van der Waals surface area contributed by atoms with E-state index in [-0.39, 0.29) is 24.0 Å². The number of aromatic nitrogens is 3. The molecule has 0 amide bonds. The molecular weight excluding hydrogens is 453 g/mol. The highest BCUT2D eigenvalue weighted by Gasteiger charge is 2.19. The molecule has 2 N–H and O–H groups in total. The summed E-state index contributed by atoms with van der Waals surface area (Å²) in [5.74, 6) is 1.68. The van der Waals surface area contributed by atoms with E-state index in [2.05, 4.69) is 37.5 Å². The van der Waals surface area contributed by atoms with Crippen LogP contribution in [0.2, 0.25) is 0 Å². The molecule has 3 heterocycles. The van der Waals surface area contributed by atoms with Gasteiger partial charge in [0.15, 0.2) is 11.8 Å². The molecule has 0 radical (unpaired) electrons. The van der Waals surface area contributed by atoms with Gasteiger partial charge >= 0.3 is 0 Å². The molecule has 0 aromatic carbocycles. The molecule has 3 rings (SSSR count). The first-order chi connectivity index (χ1) is 12.8. The molecule has 0 aliphatic carbocycles. The van der Waals surface area contributed by atoms with Gasteiger partial charge in [0.25, 0.3) is 0 Å². The molecule has 0 bridgehead atoms. The number of halogens is 1. The zero-order chi connectivity index (χ0) is 18.2. The standard InChI is InChI=1S/C19H29N7.HI/c1-3-10-25-12-6-17(7-13-25)24-19(20-2)22-15-16-5-9-21-18(14-16)26-11-4-8-23-26;/h4-5,8-9,11,14,17H,3,6-7,10,12-13,15H2,1-2H3,(H2,20,22,24);1H. The summed E-state index contributed by atoms with van der Waals surface area (Å²) in [4.78, 5) is 11.3. The van der Waals surface area contributed by atoms with Crippen molar-refractivity contribution in [1.29, 1.82) is 0 Å². The highest BCUT2D eigenvalue weighted by molar-refractivity contribution is 14.0. The van der Waals surface area contributed by atoms with Crippen molar-refractivity contribution in [3.8, 4) is 5.82 Å². The fourth-order valence-electron chi connectivity index (χ4n) is 3.29. The summed E-state index contributed by atoms with van der Waals surface area (Å²) in [7, 11) is 1.82. The number of nitrogens with zero attached hydrogens (tertiary/aromatic N) is 5. The molecule has 1 aliphatic heterocycles. The van der Waals surface area contributed by atoms with Crippen LogP contribution in [-0.4, -0.2) is 58.3 Å². The largest absolute Gasteiger partial charge is 0.354 e. The van der Waals surface area contributed by atoms with Crippen molar-refractivity contribution in [3.63, 3.8) is 0 Å². The zero-order valence-electron chi connectivity index (χ0n) is 16.1. The van der Waals surface area contributed by atoms with Gasteiger partial charge in [0, 0.05) is 51.3 Å².